The van der Waals surface area contributed by atoms with Crippen molar-refractivity contribution >= 4 is 17.6 Å². The van der Waals surface area contributed by atoms with E-state index in [0.717, 1.165) is 19.3 Å². The molecule has 1 saturated heterocycles. The number of rotatable bonds is 13. The zero-order valence-corrected chi connectivity index (χ0v) is 20.7. The van der Waals surface area contributed by atoms with Gasteiger partial charge in [-0.1, -0.05) is 20.3 Å². The van der Waals surface area contributed by atoms with Gasteiger partial charge in [-0.3, -0.25) is 9.69 Å². The summed E-state index contributed by atoms with van der Waals surface area (Å²) in [7, 11) is 3.09. The van der Waals surface area contributed by atoms with E-state index in [1.165, 1.54) is 7.11 Å². The van der Waals surface area contributed by atoms with E-state index in [1.54, 1.807) is 30.2 Å². The van der Waals surface area contributed by atoms with Gasteiger partial charge in [-0.2, -0.15) is 0 Å². The van der Waals surface area contributed by atoms with Crippen LogP contribution in [-0.4, -0.2) is 97.1 Å². The van der Waals surface area contributed by atoms with Crippen LogP contribution >= 0.6 is 0 Å². The predicted octanol–water partition coefficient (Wildman–Crippen LogP) is 1.66. The van der Waals surface area contributed by atoms with Gasteiger partial charge in [-0.15, -0.1) is 0 Å². The summed E-state index contributed by atoms with van der Waals surface area (Å²) in [6.07, 6.45) is 2.02. The van der Waals surface area contributed by atoms with Gasteiger partial charge in [-0.05, 0) is 31.4 Å². The van der Waals surface area contributed by atoms with E-state index < -0.39 is 12.1 Å². The van der Waals surface area contributed by atoms with E-state index >= 15 is 0 Å². The van der Waals surface area contributed by atoms with Crippen LogP contribution in [0, 0.1) is 0 Å². The number of aliphatic hydroxyl groups is 2. The molecular formula is C24H40N4O6. The van der Waals surface area contributed by atoms with E-state index in [4.69, 9.17) is 9.47 Å². The van der Waals surface area contributed by atoms with Crippen LogP contribution in [0.2, 0.25) is 0 Å². The minimum Gasteiger partial charge on any atom is -0.497 e. The number of ether oxygens (including phenoxy) is 2. The number of unbranched alkanes of at least 4 members (excludes halogenated alkanes) is 1. The van der Waals surface area contributed by atoms with Crippen molar-refractivity contribution in [3.63, 3.8) is 0 Å². The Kier molecular flexibility index (Phi) is 11.4. The van der Waals surface area contributed by atoms with E-state index in [2.05, 4.69) is 17.6 Å². The number of hydrogen-bond donors (Lipinski definition) is 4. The summed E-state index contributed by atoms with van der Waals surface area (Å²) >= 11 is 0. The summed E-state index contributed by atoms with van der Waals surface area (Å²) in [4.78, 5) is 29.9. The molecule has 1 aromatic carbocycles. The first kappa shape index (κ1) is 27.7. The molecule has 3 amide bonds. The first-order valence-corrected chi connectivity index (χ1v) is 12.0. The van der Waals surface area contributed by atoms with Crippen LogP contribution in [0.5, 0.6) is 11.5 Å². The fourth-order valence-electron chi connectivity index (χ4n) is 4.15. The van der Waals surface area contributed by atoms with Gasteiger partial charge in [0.25, 0.3) is 0 Å². The molecule has 34 heavy (non-hydrogen) atoms. The van der Waals surface area contributed by atoms with Gasteiger partial charge < -0.3 is 35.2 Å². The van der Waals surface area contributed by atoms with Gasteiger partial charge >= 0.3 is 6.03 Å². The van der Waals surface area contributed by atoms with Crippen molar-refractivity contribution in [2.75, 3.05) is 52.3 Å². The molecule has 2 rings (SSSR count). The van der Waals surface area contributed by atoms with Crippen molar-refractivity contribution < 1.29 is 29.3 Å². The molecule has 1 aromatic rings. The lowest BCUT2D eigenvalue weighted by atomic mass is 10.1. The molecule has 0 bridgehead atoms. The molecule has 4 N–H and O–H groups in total. The molecule has 3 unspecified atom stereocenters. The highest BCUT2D eigenvalue weighted by molar-refractivity contribution is 5.91. The van der Waals surface area contributed by atoms with E-state index in [1.807, 2.05) is 11.8 Å². The number of anilines is 1. The average Bonchev–Trinajstić information content (AvgIpc) is 3.25. The monoisotopic (exact) mass is 480 g/mol. The highest BCUT2D eigenvalue weighted by atomic mass is 16.5. The Labute approximate surface area is 202 Å². The topological polar surface area (TPSA) is 124 Å². The number of carbonyl (C=O) groups is 2. The summed E-state index contributed by atoms with van der Waals surface area (Å²) < 4.78 is 10.7. The second-order valence-electron chi connectivity index (χ2n) is 8.53. The second kappa shape index (κ2) is 14.0. The molecule has 3 atom stereocenters. The number of methoxy groups -OCH3 is 2. The van der Waals surface area contributed by atoms with Crippen LogP contribution in [0.15, 0.2) is 18.2 Å². The average molecular weight is 481 g/mol. The van der Waals surface area contributed by atoms with E-state index in [-0.39, 0.29) is 31.1 Å². The maximum Gasteiger partial charge on any atom is 0.322 e. The molecule has 0 saturated carbocycles. The number of hydrogen-bond acceptors (Lipinski definition) is 7. The summed E-state index contributed by atoms with van der Waals surface area (Å²) in [5, 5.41) is 25.2. The van der Waals surface area contributed by atoms with Crippen LogP contribution in [-0.2, 0) is 4.79 Å². The number of β-amino-alcohol motifs (C(OH)–C–C–N with tert-alkyl or cyclic N) is 1. The summed E-state index contributed by atoms with van der Waals surface area (Å²) in [5.41, 5.74) is 0.496. The molecule has 1 heterocycles. The lowest BCUT2D eigenvalue weighted by Crippen LogP contribution is -2.47. The third-order valence-electron chi connectivity index (χ3n) is 5.99. The molecule has 0 aromatic heterocycles. The third-order valence-corrected chi connectivity index (χ3v) is 5.99. The highest BCUT2D eigenvalue weighted by Crippen LogP contribution is 2.30. The third kappa shape index (κ3) is 7.48. The number of nitrogens with zero attached hydrogens (tertiary/aromatic N) is 2. The van der Waals surface area contributed by atoms with E-state index in [0.29, 0.717) is 43.2 Å². The van der Waals surface area contributed by atoms with Crippen molar-refractivity contribution in [1.82, 2.24) is 15.1 Å². The smallest absolute Gasteiger partial charge is 0.322 e. The Bertz CT molecular complexity index is 793. The molecule has 1 aliphatic heterocycles. The zero-order valence-electron chi connectivity index (χ0n) is 20.7. The maximum absolute atomic E-state index is 13.4. The van der Waals surface area contributed by atoms with Gasteiger partial charge in [0.15, 0.2) is 0 Å². The number of likely N-dealkylation sites (tertiary alicyclic amines) is 1. The molecule has 192 valence electrons. The van der Waals surface area contributed by atoms with E-state index in [9.17, 15) is 19.8 Å². The Balaban J connectivity index is 2.25. The summed E-state index contributed by atoms with van der Waals surface area (Å²) in [5.74, 6) is 0.981. The first-order chi connectivity index (χ1) is 16.4. The second-order valence-corrected chi connectivity index (χ2v) is 8.53. The Morgan fingerprint density at radius 3 is 2.62 bits per heavy atom. The number of benzene rings is 1. The highest BCUT2D eigenvalue weighted by Gasteiger charge is 2.41. The fraction of sp³-hybridized carbons (Fsp3) is 0.667. The molecule has 1 fully saturated rings. The molecule has 0 spiro atoms. The van der Waals surface area contributed by atoms with Gasteiger partial charge in [0, 0.05) is 38.3 Å². The number of carbonyl (C=O) groups excluding carboxylic acids is 2. The fourth-order valence-corrected chi connectivity index (χ4v) is 4.15. The largest absolute Gasteiger partial charge is 0.497 e. The zero-order chi connectivity index (χ0) is 25.1. The minimum atomic E-state index is -0.959. The molecule has 10 nitrogen and oxygen atoms in total. The minimum absolute atomic E-state index is 0.125. The number of nitrogens with one attached hydrogen (secondary N) is 2. The first-order valence-electron chi connectivity index (χ1n) is 12.0. The normalized spacial score (nSPS) is 18.9. The van der Waals surface area contributed by atoms with Gasteiger partial charge in [0.1, 0.15) is 11.5 Å². The number of aliphatic hydroxyl groups excluding tert-OH is 2. The van der Waals surface area contributed by atoms with Crippen LogP contribution in [0.1, 0.15) is 39.5 Å². The Morgan fingerprint density at radius 1 is 1.24 bits per heavy atom. The molecule has 10 heteroatoms. The Morgan fingerprint density at radius 2 is 2.00 bits per heavy atom. The quantitative estimate of drug-likeness (QED) is 0.339. The van der Waals surface area contributed by atoms with Crippen LogP contribution < -0.4 is 20.1 Å². The van der Waals surface area contributed by atoms with Crippen molar-refractivity contribution in [2.45, 2.75) is 57.7 Å². The predicted molar refractivity (Wildman–Crippen MR) is 130 cm³/mol. The van der Waals surface area contributed by atoms with Gasteiger partial charge in [0.2, 0.25) is 5.91 Å². The summed E-state index contributed by atoms with van der Waals surface area (Å²) in [6, 6.07) is 4.18. The van der Waals surface area contributed by atoms with Crippen molar-refractivity contribution in [1.29, 1.82) is 0 Å². The number of urea groups is 1. The Hall–Kier alpha value is -2.56. The van der Waals surface area contributed by atoms with Gasteiger partial charge in [-0.25, -0.2) is 4.79 Å². The molecule has 0 radical (unpaired) electrons. The SMILES string of the molecule is CCCCN(C(=O)Nc1cc(OC)ccc1OC)C1CC(C(=O)NCCC)N(CC(O)CO)C1. The molecule has 0 aliphatic carbocycles. The van der Waals surface area contributed by atoms with Crippen LogP contribution in [0.4, 0.5) is 10.5 Å². The maximum atomic E-state index is 13.4. The lowest BCUT2D eigenvalue weighted by Gasteiger charge is -2.30. The van der Waals surface area contributed by atoms with Crippen molar-refractivity contribution in [3.05, 3.63) is 18.2 Å². The molecular weight excluding hydrogens is 440 g/mol. The lowest BCUT2D eigenvalue weighted by molar-refractivity contribution is -0.126. The van der Waals surface area contributed by atoms with Gasteiger partial charge in [0.05, 0.1) is 38.7 Å². The van der Waals surface area contributed by atoms with Crippen LogP contribution in [0.3, 0.4) is 0 Å². The van der Waals surface area contributed by atoms with Crippen molar-refractivity contribution in [3.8, 4) is 11.5 Å². The number of amides is 3. The standard InChI is InChI=1S/C24H40N4O6/c1-5-7-11-28(24(32)26-20-13-19(33-3)8-9-22(20)34-4)17-12-21(23(31)25-10-6-2)27(14-17)15-18(30)16-29/h8-9,13,17-18,21,29-30H,5-7,10-12,14-16H2,1-4H3,(H,25,31)(H,26,32). The molecule has 1 aliphatic rings. The van der Waals surface area contributed by atoms with Crippen molar-refractivity contribution in [2.24, 2.45) is 0 Å². The summed E-state index contributed by atoms with van der Waals surface area (Å²) in [6.45, 7) is 5.32. The van der Waals surface area contributed by atoms with Crippen LogP contribution in [0.25, 0.3) is 0 Å².